The zero-order valence-electron chi connectivity index (χ0n) is 11.6. The Balaban J connectivity index is 2.34. The summed E-state index contributed by atoms with van der Waals surface area (Å²) in [6.45, 7) is 3.81. The van der Waals surface area contributed by atoms with Gasteiger partial charge < -0.3 is 15.7 Å². The van der Waals surface area contributed by atoms with Crippen molar-refractivity contribution in [1.29, 1.82) is 0 Å². The molecule has 1 rings (SSSR count). The second kappa shape index (κ2) is 8.48. The Morgan fingerprint density at radius 1 is 1.44 bits per heavy atom. The molecule has 18 heavy (non-hydrogen) atoms. The molecule has 0 aromatic carbocycles. The summed E-state index contributed by atoms with van der Waals surface area (Å²) >= 11 is 0. The second-order valence-electron chi connectivity index (χ2n) is 5.34. The van der Waals surface area contributed by atoms with E-state index in [1.807, 2.05) is 4.90 Å². The summed E-state index contributed by atoms with van der Waals surface area (Å²) in [6.07, 6.45) is 6.86. The summed E-state index contributed by atoms with van der Waals surface area (Å²) in [7, 11) is 0. The van der Waals surface area contributed by atoms with E-state index < -0.39 is 0 Å². The number of likely N-dealkylation sites (tertiary alicyclic amines) is 1. The minimum Gasteiger partial charge on any atom is -0.394 e. The lowest BCUT2D eigenvalue weighted by atomic mass is 9.94. The van der Waals surface area contributed by atoms with Crippen LogP contribution in [0.2, 0.25) is 0 Å². The van der Waals surface area contributed by atoms with E-state index in [1.165, 1.54) is 0 Å². The fraction of sp³-hybridized carbons (Fsp3) is 0.929. The van der Waals surface area contributed by atoms with Gasteiger partial charge in [0.05, 0.1) is 12.6 Å². The molecule has 106 valence electrons. The lowest BCUT2D eigenvalue weighted by Gasteiger charge is -2.24. The average Bonchev–Trinajstić information content (AvgIpc) is 2.84. The standard InChI is InChI=1S/C14H28N2O2/c1-2-4-12(8-9-15)6-7-14(18)16-10-3-5-13(16)11-17/h12-13,17H,2-11,15H2,1H3/t12?,13-/m0/s1. The molecule has 0 radical (unpaired) electrons. The van der Waals surface area contributed by atoms with E-state index in [2.05, 4.69) is 6.92 Å². The molecule has 3 N–H and O–H groups in total. The molecule has 1 saturated heterocycles. The quantitative estimate of drug-likeness (QED) is 0.692. The maximum atomic E-state index is 12.1. The molecule has 1 fully saturated rings. The molecule has 4 nitrogen and oxygen atoms in total. The molecule has 0 spiro atoms. The van der Waals surface area contributed by atoms with E-state index in [0.717, 1.165) is 45.1 Å². The van der Waals surface area contributed by atoms with Crippen molar-refractivity contribution in [3.63, 3.8) is 0 Å². The number of nitrogens with two attached hydrogens (primary N) is 1. The molecule has 1 unspecified atom stereocenters. The molecule has 1 amide bonds. The Morgan fingerprint density at radius 2 is 2.22 bits per heavy atom. The van der Waals surface area contributed by atoms with Crippen molar-refractivity contribution in [1.82, 2.24) is 4.90 Å². The van der Waals surface area contributed by atoms with Gasteiger partial charge >= 0.3 is 0 Å². The number of hydrogen-bond donors (Lipinski definition) is 2. The van der Waals surface area contributed by atoms with Crippen LogP contribution in [0.1, 0.15) is 51.9 Å². The van der Waals surface area contributed by atoms with Crippen LogP contribution in [-0.2, 0) is 4.79 Å². The molecule has 4 heteroatoms. The van der Waals surface area contributed by atoms with Gasteiger partial charge in [-0.15, -0.1) is 0 Å². The highest BCUT2D eigenvalue weighted by Crippen LogP contribution is 2.21. The van der Waals surface area contributed by atoms with Gasteiger partial charge in [0.25, 0.3) is 0 Å². The normalized spacial score (nSPS) is 21.3. The zero-order valence-corrected chi connectivity index (χ0v) is 11.6. The van der Waals surface area contributed by atoms with E-state index >= 15 is 0 Å². The van der Waals surface area contributed by atoms with Crippen LogP contribution in [0.15, 0.2) is 0 Å². The van der Waals surface area contributed by atoms with Crippen LogP contribution in [0.25, 0.3) is 0 Å². The van der Waals surface area contributed by atoms with Gasteiger partial charge in [-0.05, 0) is 38.1 Å². The van der Waals surface area contributed by atoms with Gasteiger partial charge in [0.2, 0.25) is 5.91 Å². The number of amides is 1. The minimum atomic E-state index is 0.0663. The number of nitrogens with zero attached hydrogens (tertiary/aromatic N) is 1. The molecule has 0 bridgehead atoms. The van der Waals surface area contributed by atoms with Crippen LogP contribution in [0.5, 0.6) is 0 Å². The highest BCUT2D eigenvalue weighted by Gasteiger charge is 2.27. The first-order chi connectivity index (χ1) is 8.72. The molecule has 2 atom stereocenters. The molecular weight excluding hydrogens is 228 g/mol. The maximum absolute atomic E-state index is 12.1. The monoisotopic (exact) mass is 256 g/mol. The predicted octanol–water partition coefficient (Wildman–Crippen LogP) is 1.51. The molecular formula is C14H28N2O2. The third-order valence-electron chi connectivity index (χ3n) is 3.95. The minimum absolute atomic E-state index is 0.0663. The summed E-state index contributed by atoms with van der Waals surface area (Å²) in [5.74, 6) is 0.795. The fourth-order valence-electron chi connectivity index (χ4n) is 2.90. The summed E-state index contributed by atoms with van der Waals surface area (Å²) in [4.78, 5) is 14.0. The lowest BCUT2D eigenvalue weighted by Crippen LogP contribution is -2.37. The first kappa shape index (κ1) is 15.4. The number of carbonyl (C=O) groups excluding carboxylic acids is 1. The Labute approximate surface area is 111 Å². The molecule has 0 aliphatic carbocycles. The van der Waals surface area contributed by atoms with E-state index in [4.69, 9.17) is 5.73 Å². The van der Waals surface area contributed by atoms with Gasteiger partial charge in [0.15, 0.2) is 0 Å². The molecule has 1 aliphatic rings. The smallest absolute Gasteiger partial charge is 0.222 e. The number of hydrogen-bond acceptors (Lipinski definition) is 3. The fourth-order valence-corrected chi connectivity index (χ4v) is 2.90. The SMILES string of the molecule is CCCC(CCN)CCC(=O)N1CCC[C@H]1CO. The van der Waals surface area contributed by atoms with Gasteiger partial charge in [-0.3, -0.25) is 4.79 Å². The number of carbonyl (C=O) groups is 1. The first-order valence-corrected chi connectivity index (χ1v) is 7.33. The number of rotatable bonds is 8. The van der Waals surface area contributed by atoms with Crippen LogP contribution < -0.4 is 5.73 Å². The van der Waals surface area contributed by atoms with Gasteiger partial charge in [-0.1, -0.05) is 19.8 Å². The van der Waals surface area contributed by atoms with Crippen molar-refractivity contribution < 1.29 is 9.90 Å². The summed E-state index contributed by atoms with van der Waals surface area (Å²) in [5.41, 5.74) is 5.60. The van der Waals surface area contributed by atoms with Crippen molar-refractivity contribution >= 4 is 5.91 Å². The zero-order chi connectivity index (χ0) is 13.4. The Bertz CT molecular complexity index is 240. The summed E-state index contributed by atoms with van der Waals surface area (Å²) in [5, 5.41) is 9.22. The molecule has 0 aromatic heterocycles. The molecule has 0 aromatic rings. The predicted molar refractivity (Wildman–Crippen MR) is 73.1 cm³/mol. The summed E-state index contributed by atoms with van der Waals surface area (Å²) in [6, 6.07) is 0.0663. The van der Waals surface area contributed by atoms with Crippen molar-refractivity contribution in [2.24, 2.45) is 11.7 Å². The second-order valence-corrected chi connectivity index (χ2v) is 5.34. The van der Waals surface area contributed by atoms with Crippen LogP contribution in [0.3, 0.4) is 0 Å². The highest BCUT2D eigenvalue weighted by molar-refractivity contribution is 5.76. The Kier molecular flexibility index (Phi) is 7.28. The van der Waals surface area contributed by atoms with Crippen LogP contribution in [0, 0.1) is 5.92 Å². The van der Waals surface area contributed by atoms with E-state index in [1.54, 1.807) is 0 Å². The average molecular weight is 256 g/mol. The molecule has 1 heterocycles. The van der Waals surface area contributed by atoms with Gasteiger partial charge in [-0.25, -0.2) is 0 Å². The topological polar surface area (TPSA) is 66.6 Å². The van der Waals surface area contributed by atoms with Gasteiger partial charge in [0.1, 0.15) is 0 Å². The molecule has 1 aliphatic heterocycles. The van der Waals surface area contributed by atoms with Crippen LogP contribution >= 0.6 is 0 Å². The van der Waals surface area contributed by atoms with Crippen LogP contribution in [-0.4, -0.2) is 41.7 Å². The van der Waals surface area contributed by atoms with Crippen LogP contribution in [0.4, 0.5) is 0 Å². The van der Waals surface area contributed by atoms with Crippen molar-refractivity contribution in [2.75, 3.05) is 19.7 Å². The lowest BCUT2D eigenvalue weighted by molar-refractivity contribution is -0.133. The van der Waals surface area contributed by atoms with Crippen molar-refractivity contribution in [3.8, 4) is 0 Å². The van der Waals surface area contributed by atoms with E-state index in [0.29, 0.717) is 18.9 Å². The third-order valence-corrected chi connectivity index (χ3v) is 3.95. The number of aliphatic hydroxyl groups is 1. The molecule has 0 saturated carbocycles. The first-order valence-electron chi connectivity index (χ1n) is 7.33. The largest absolute Gasteiger partial charge is 0.394 e. The Morgan fingerprint density at radius 3 is 2.83 bits per heavy atom. The Hall–Kier alpha value is -0.610. The highest BCUT2D eigenvalue weighted by atomic mass is 16.3. The third kappa shape index (κ3) is 4.58. The van der Waals surface area contributed by atoms with Crippen molar-refractivity contribution in [3.05, 3.63) is 0 Å². The maximum Gasteiger partial charge on any atom is 0.222 e. The summed E-state index contributed by atoms with van der Waals surface area (Å²) < 4.78 is 0. The van der Waals surface area contributed by atoms with Gasteiger partial charge in [0, 0.05) is 13.0 Å². The van der Waals surface area contributed by atoms with Crippen molar-refractivity contribution in [2.45, 2.75) is 57.9 Å². The number of aliphatic hydroxyl groups excluding tert-OH is 1. The van der Waals surface area contributed by atoms with E-state index in [9.17, 15) is 9.90 Å². The van der Waals surface area contributed by atoms with Gasteiger partial charge in [-0.2, -0.15) is 0 Å². The van der Waals surface area contributed by atoms with E-state index in [-0.39, 0.29) is 18.6 Å².